The van der Waals surface area contributed by atoms with Gasteiger partial charge >= 0.3 is 0 Å². The van der Waals surface area contributed by atoms with Gasteiger partial charge in [0.05, 0.1) is 23.7 Å². The average Bonchev–Trinajstić information content (AvgIpc) is 2.88. The van der Waals surface area contributed by atoms with Crippen LogP contribution in [0.3, 0.4) is 0 Å². The van der Waals surface area contributed by atoms with Crippen molar-refractivity contribution in [1.29, 1.82) is 0 Å². The van der Waals surface area contributed by atoms with E-state index in [1.807, 2.05) is 18.2 Å². The Hall–Kier alpha value is -3.54. The first-order valence-corrected chi connectivity index (χ1v) is 11.9. The van der Waals surface area contributed by atoms with Gasteiger partial charge in [-0.25, -0.2) is 0 Å². The predicted molar refractivity (Wildman–Crippen MR) is 135 cm³/mol. The zero-order valence-electron chi connectivity index (χ0n) is 19.8. The highest BCUT2D eigenvalue weighted by Crippen LogP contribution is 2.44. The molecule has 0 saturated carbocycles. The molecule has 177 valence electrons. The van der Waals surface area contributed by atoms with E-state index in [2.05, 4.69) is 89.9 Å². The van der Waals surface area contributed by atoms with E-state index < -0.39 is 17.6 Å². The summed E-state index contributed by atoms with van der Waals surface area (Å²) in [7, 11) is 0. The van der Waals surface area contributed by atoms with Crippen molar-refractivity contribution in [1.82, 2.24) is 10.2 Å². The van der Waals surface area contributed by atoms with E-state index in [0.29, 0.717) is 18.7 Å². The summed E-state index contributed by atoms with van der Waals surface area (Å²) in [6.45, 7) is 7.05. The number of carbonyl (C=O) groups excluding carboxylic acids is 2. The van der Waals surface area contributed by atoms with Crippen LogP contribution in [0.25, 0.3) is 0 Å². The minimum Gasteiger partial charge on any atom is -0.371 e. The van der Waals surface area contributed by atoms with E-state index in [9.17, 15) is 9.59 Å². The SMILES string of the molecule is [CH2][C@H]1CN(C(c2ccccc2)(c2ccccc2)c2ccccc2)C[C@H]([C@H]2C=C(C)C(=O)NC2=O)O1. The number of morpholine rings is 1. The van der Waals surface area contributed by atoms with Crippen LogP contribution in [0.5, 0.6) is 0 Å². The Labute approximate surface area is 206 Å². The summed E-state index contributed by atoms with van der Waals surface area (Å²) in [5.74, 6) is -1.25. The highest BCUT2D eigenvalue weighted by atomic mass is 16.5. The van der Waals surface area contributed by atoms with Crippen LogP contribution < -0.4 is 5.32 Å². The molecule has 3 aromatic carbocycles. The van der Waals surface area contributed by atoms with E-state index in [-0.39, 0.29) is 17.9 Å². The normalized spacial score (nSPS) is 23.5. The van der Waals surface area contributed by atoms with Gasteiger partial charge in [0.15, 0.2) is 0 Å². The molecular formula is C30H29N2O3. The molecule has 1 N–H and O–H groups in total. The largest absolute Gasteiger partial charge is 0.371 e. The summed E-state index contributed by atoms with van der Waals surface area (Å²) >= 11 is 0. The first-order valence-electron chi connectivity index (χ1n) is 11.9. The molecule has 0 unspecified atom stereocenters. The van der Waals surface area contributed by atoms with Crippen molar-refractivity contribution in [3.63, 3.8) is 0 Å². The molecule has 2 amide bonds. The Morgan fingerprint density at radius 1 is 0.829 bits per heavy atom. The topological polar surface area (TPSA) is 58.6 Å². The molecule has 5 nitrogen and oxygen atoms in total. The van der Waals surface area contributed by atoms with Crippen LogP contribution in [0.1, 0.15) is 23.6 Å². The number of hydrogen-bond donors (Lipinski definition) is 1. The van der Waals surface area contributed by atoms with Gasteiger partial charge in [0.2, 0.25) is 5.91 Å². The van der Waals surface area contributed by atoms with Crippen LogP contribution in [0.2, 0.25) is 0 Å². The van der Waals surface area contributed by atoms with Crippen LogP contribution in [0.4, 0.5) is 0 Å². The fraction of sp³-hybridized carbons (Fsp3) is 0.233. The van der Waals surface area contributed by atoms with Gasteiger partial charge in [-0.15, -0.1) is 0 Å². The van der Waals surface area contributed by atoms with Crippen molar-refractivity contribution in [2.75, 3.05) is 13.1 Å². The Bertz CT molecular complexity index is 1130. The molecule has 5 rings (SSSR count). The predicted octanol–water partition coefficient (Wildman–Crippen LogP) is 4.10. The van der Waals surface area contributed by atoms with Crippen molar-refractivity contribution < 1.29 is 14.3 Å². The van der Waals surface area contributed by atoms with Crippen molar-refractivity contribution in [2.45, 2.75) is 24.7 Å². The monoisotopic (exact) mass is 465 g/mol. The number of imide groups is 1. The molecule has 3 aromatic rings. The number of carbonyl (C=O) groups is 2. The fourth-order valence-corrected chi connectivity index (χ4v) is 5.42. The fourth-order valence-electron chi connectivity index (χ4n) is 5.42. The van der Waals surface area contributed by atoms with E-state index >= 15 is 0 Å². The average molecular weight is 466 g/mol. The summed E-state index contributed by atoms with van der Waals surface area (Å²) in [5, 5.41) is 2.47. The molecule has 0 aromatic heterocycles. The Morgan fingerprint density at radius 2 is 1.31 bits per heavy atom. The smallest absolute Gasteiger partial charge is 0.253 e. The number of hydrogen-bond acceptors (Lipinski definition) is 4. The number of rotatable bonds is 5. The molecule has 0 bridgehead atoms. The molecule has 2 aliphatic heterocycles. The zero-order chi connectivity index (χ0) is 24.4. The van der Waals surface area contributed by atoms with Gasteiger partial charge in [-0.2, -0.15) is 0 Å². The summed E-state index contributed by atoms with van der Waals surface area (Å²) in [6.07, 6.45) is 0.922. The number of nitrogens with one attached hydrogen (secondary N) is 1. The van der Waals surface area contributed by atoms with Gasteiger partial charge in [0, 0.05) is 18.7 Å². The molecule has 0 spiro atoms. The second-order valence-electron chi connectivity index (χ2n) is 9.20. The molecule has 35 heavy (non-hydrogen) atoms. The molecule has 1 saturated heterocycles. The van der Waals surface area contributed by atoms with Gasteiger partial charge in [-0.1, -0.05) is 97.1 Å². The van der Waals surface area contributed by atoms with Gasteiger partial charge in [0.25, 0.3) is 5.91 Å². The lowest BCUT2D eigenvalue weighted by molar-refractivity contribution is -0.142. The van der Waals surface area contributed by atoms with Crippen LogP contribution in [-0.2, 0) is 19.9 Å². The zero-order valence-corrected chi connectivity index (χ0v) is 19.8. The van der Waals surface area contributed by atoms with E-state index in [1.54, 1.807) is 13.0 Å². The van der Waals surface area contributed by atoms with Gasteiger partial charge in [-0.05, 0) is 30.5 Å². The van der Waals surface area contributed by atoms with Gasteiger partial charge in [-0.3, -0.25) is 19.8 Å². The first kappa shape index (κ1) is 23.2. The maximum absolute atomic E-state index is 12.8. The lowest BCUT2D eigenvalue weighted by atomic mass is 9.74. The molecule has 2 aliphatic rings. The van der Waals surface area contributed by atoms with Gasteiger partial charge in [0.1, 0.15) is 0 Å². The third-order valence-corrected chi connectivity index (χ3v) is 6.97. The van der Waals surface area contributed by atoms with E-state index in [0.717, 1.165) is 16.7 Å². The molecule has 2 heterocycles. The quantitative estimate of drug-likeness (QED) is 0.455. The number of amides is 2. The molecule has 1 radical (unpaired) electrons. The second kappa shape index (κ2) is 9.61. The number of nitrogens with zero attached hydrogens (tertiary/aromatic N) is 1. The lowest BCUT2D eigenvalue weighted by Crippen LogP contribution is -2.60. The minimum atomic E-state index is -0.624. The molecule has 5 heteroatoms. The Balaban J connectivity index is 1.68. The minimum absolute atomic E-state index is 0.329. The molecule has 3 atom stereocenters. The Kier molecular flexibility index (Phi) is 6.37. The van der Waals surface area contributed by atoms with Gasteiger partial charge < -0.3 is 4.74 Å². The van der Waals surface area contributed by atoms with Crippen molar-refractivity contribution >= 4 is 11.8 Å². The first-order chi connectivity index (χ1) is 17.0. The van der Waals surface area contributed by atoms with E-state index in [1.165, 1.54) is 0 Å². The maximum atomic E-state index is 12.8. The third kappa shape index (κ3) is 4.22. The lowest BCUT2D eigenvalue weighted by Gasteiger charge is -2.51. The second-order valence-corrected chi connectivity index (χ2v) is 9.20. The van der Waals surface area contributed by atoms with E-state index in [4.69, 9.17) is 4.74 Å². The highest BCUT2D eigenvalue weighted by Gasteiger charge is 2.47. The number of ether oxygens (including phenoxy) is 1. The highest BCUT2D eigenvalue weighted by molar-refractivity contribution is 6.08. The third-order valence-electron chi connectivity index (χ3n) is 6.97. The van der Waals surface area contributed by atoms with Crippen molar-refractivity contribution in [3.8, 4) is 0 Å². The van der Waals surface area contributed by atoms with Crippen LogP contribution in [0.15, 0.2) is 103 Å². The Morgan fingerprint density at radius 3 is 1.80 bits per heavy atom. The van der Waals surface area contributed by atoms with Crippen molar-refractivity contribution in [3.05, 3.63) is 126 Å². The summed E-state index contributed by atoms with van der Waals surface area (Å²) in [5.41, 5.74) is 3.28. The summed E-state index contributed by atoms with van der Waals surface area (Å²) in [4.78, 5) is 27.2. The molecular weight excluding hydrogens is 436 g/mol. The molecule has 0 aliphatic carbocycles. The number of benzene rings is 3. The van der Waals surface area contributed by atoms with Crippen molar-refractivity contribution in [2.24, 2.45) is 5.92 Å². The summed E-state index contributed by atoms with van der Waals surface area (Å²) in [6, 6.07) is 31.3. The van der Waals surface area contributed by atoms with Crippen LogP contribution in [0, 0.1) is 12.8 Å². The standard InChI is InChI=1S/C30H29N2O3/c1-21-18-26(29(34)31-28(21)33)27-20-32(19-22(2)35-27)30(23-12-6-3-7-13-23,24-14-8-4-9-15-24)25-16-10-5-11-17-25/h3-18,22,26-27H,2,19-20H2,1H3,(H,31,33,34)/t22-,26+,27+/m0/s1. The van der Waals surface area contributed by atoms with Crippen LogP contribution >= 0.6 is 0 Å². The van der Waals surface area contributed by atoms with Crippen LogP contribution in [-0.4, -0.2) is 42.0 Å². The molecule has 1 fully saturated rings. The maximum Gasteiger partial charge on any atom is 0.253 e. The summed E-state index contributed by atoms with van der Waals surface area (Å²) < 4.78 is 6.24.